The van der Waals surface area contributed by atoms with E-state index in [0.29, 0.717) is 12.8 Å². The van der Waals surface area contributed by atoms with Crippen molar-refractivity contribution in [3.63, 3.8) is 0 Å². The fourth-order valence-electron chi connectivity index (χ4n) is 0.568. The van der Waals surface area contributed by atoms with Gasteiger partial charge in [-0.05, 0) is 6.42 Å². The number of carbonyl (C=O) groups is 1. The number of alkyl halides is 3. The lowest BCUT2D eigenvalue weighted by molar-refractivity contribution is -0.233. The fraction of sp³-hybridized carbons (Fsp3) is 0.833. The molecule has 0 radical (unpaired) electrons. The normalized spacial score (nSPS) is 11.3. The Morgan fingerprint density at radius 3 is 2.27 bits per heavy atom. The smallest absolute Gasteiger partial charge is 0.278 e. The second-order valence-corrected chi connectivity index (χ2v) is 2.12. The number of hydrogen-bond acceptors (Lipinski definition) is 1. The Hall–Kier alpha value is -0.740. The third kappa shape index (κ3) is 3.85. The third-order valence-corrected chi connectivity index (χ3v) is 1.21. The molecule has 0 aliphatic carbocycles. The first-order valence-corrected chi connectivity index (χ1v) is 3.31. The van der Waals surface area contributed by atoms with Crippen molar-refractivity contribution in [1.29, 1.82) is 0 Å². The molecule has 5 heteroatoms. The van der Waals surface area contributed by atoms with Crippen LogP contribution in [0.4, 0.5) is 13.2 Å². The molecule has 0 spiro atoms. The summed E-state index contributed by atoms with van der Waals surface area (Å²) in [7, 11) is 0. The third-order valence-electron chi connectivity index (χ3n) is 1.21. The summed E-state index contributed by atoms with van der Waals surface area (Å²) < 4.78 is 35.2. The van der Waals surface area contributed by atoms with Gasteiger partial charge < -0.3 is 0 Å². The van der Waals surface area contributed by atoms with Crippen LogP contribution in [0.2, 0.25) is 0 Å². The number of hydrogen-bond donors (Lipinski definition) is 0. The van der Waals surface area contributed by atoms with Gasteiger partial charge in [-0.25, -0.2) is 0 Å². The monoisotopic (exact) mass is 169 g/mol. The first-order valence-electron chi connectivity index (χ1n) is 3.31. The summed E-state index contributed by atoms with van der Waals surface area (Å²) in [5.41, 5.74) is 0. The van der Waals surface area contributed by atoms with Crippen molar-refractivity contribution in [2.75, 3.05) is 6.54 Å². The quantitative estimate of drug-likeness (QED) is 0.464. The van der Waals surface area contributed by atoms with Crippen LogP contribution in [0.5, 0.6) is 0 Å². The highest BCUT2D eigenvalue weighted by Gasteiger charge is 2.35. The Morgan fingerprint density at radius 2 is 2.00 bits per heavy atom. The molecule has 0 bridgehead atoms. The summed E-state index contributed by atoms with van der Waals surface area (Å²) in [5, 5.41) is 0. The van der Waals surface area contributed by atoms with Crippen molar-refractivity contribution in [3.8, 4) is 0 Å². The molecule has 66 valence electrons. The van der Waals surface area contributed by atoms with Gasteiger partial charge in [0.25, 0.3) is 0 Å². The predicted molar refractivity (Wildman–Crippen MR) is 33.7 cm³/mol. The summed E-state index contributed by atoms with van der Waals surface area (Å²) >= 11 is 0. The maximum Gasteiger partial charge on any atom is 0.486 e. The molecule has 0 atom stereocenters. The summed E-state index contributed by atoms with van der Waals surface area (Å²) in [5.74, 6) is 0. The van der Waals surface area contributed by atoms with Crippen molar-refractivity contribution in [3.05, 3.63) is 0 Å². The van der Waals surface area contributed by atoms with Gasteiger partial charge in [0.15, 0.2) is 0 Å². The zero-order chi connectivity index (χ0) is 8.91. The topological polar surface area (TPSA) is 20.3 Å². The van der Waals surface area contributed by atoms with Crippen LogP contribution in [-0.2, 0) is 4.79 Å². The average Bonchev–Trinajstić information content (AvgIpc) is 1.87. The average molecular weight is 169 g/mol. The maximum atomic E-state index is 11.7. The minimum absolute atomic E-state index is 0.156. The Kier molecular flexibility index (Phi) is 3.92. The minimum atomic E-state index is -4.52. The lowest BCUT2D eigenvalue weighted by Gasteiger charge is -2.19. The molecule has 0 heterocycles. The molecule has 0 fully saturated rings. The molecule has 2 nitrogen and oxygen atoms in total. The van der Waals surface area contributed by atoms with Crippen LogP contribution in [0.3, 0.4) is 0 Å². The number of carbonyl (C=O) groups excluding carboxylic acids is 1. The molecule has 0 aromatic carbocycles. The van der Waals surface area contributed by atoms with Crippen LogP contribution in [0.25, 0.3) is 0 Å². The Morgan fingerprint density at radius 1 is 1.45 bits per heavy atom. The van der Waals surface area contributed by atoms with Crippen LogP contribution in [0.1, 0.15) is 19.8 Å². The van der Waals surface area contributed by atoms with Crippen LogP contribution < -0.4 is 0 Å². The van der Waals surface area contributed by atoms with Crippen LogP contribution in [0.15, 0.2) is 0 Å². The number of rotatable bonds is 4. The van der Waals surface area contributed by atoms with E-state index >= 15 is 0 Å². The lowest BCUT2D eigenvalue weighted by Crippen LogP contribution is -2.37. The molecule has 0 saturated heterocycles. The molecule has 0 aliphatic rings. The number of halogens is 3. The van der Waals surface area contributed by atoms with Crippen molar-refractivity contribution in [2.24, 2.45) is 0 Å². The minimum Gasteiger partial charge on any atom is -0.278 e. The molecule has 0 aliphatic heterocycles. The fourth-order valence-corrected chi connectivity index (χ4v) is 0.568. The number of amides is 1. The summed E-state index contributed by atoms with van der Waals surface area (Å²) in [6.45, 7) is 1.52. The summed E-state index contributed by atoms with van der Waals surface area (Å²) in [6.07, 6.45) is -3.69. The first kappa shape index (κ1) is 10.3. The van der Waals surface area contributed by atoms with E-state index in [2.05, 4.69) is 0 Å². The largest absolute Gasteiger partial charge is 0.486 e. The molecular formula is C6H10F3NO. The van der Waals surface area contributed by atoms with Gasteiger partial charge in [0.05, 0.1) is 0 Å². The standard InChI is InChI=1S/C6H10F3NO/c1-2-3-4-10(5-11)6(7,8)9/h5H,2-4H2,1H3. The lowest BCUT2D eigenvalue weighted by atomic mass is 10.3. The van der Waals surface area contributed by atoms with E-state index in [-0.39, 0.29) is 17.9 Å². The highest BCUT2D eigenvalue weighted by atomic mass is 19.4. The van der Waals surface area contributed by atoms with Gasteiger partial charge >= 0.3 is 6.30 Å². The summed E-state index contributed by atoms with van der Waals surface area (Å²) in [6, 6.07) is 0. The Bertz CT molecular complexity index is 123. The van der Waals surface area contributed by atoms with E-state index in [1.165, 1.54) is 0 Å². The predicted octanol–water partition coefficient (Wildman–Crippen LogP) is 1.76. The second kappa shape index (κ2) is 4.20. The zero-order valence-corrected chi connectivity index (χ0v) is 6.19. The van der Waals surface area contributed by atoms with Crippen LogP contribution >= 0.6 is 0 Å². The zero-order valence-electron chi connectivity index (χ0n) is 6.19. The number of nitrogens with zero attached hydrogens (tertiary/aromatic N) is 1. The molecule has 0 N–H and O–H groups in total. The summed E-state index contributed by atoms with van der Waals surface area (Å²) in [4.78, 5) is 9.71. The molecule has 0 aromatic heterocycles. The van der Waals surface area contributed by atoms with Crippen molar-refractivity contribution in [1.82, 2.24) is 4.90 Å². The van der Waals surface area contributed by atoms with E-state index in [0.717, 1.165) is 0 Å². The molecule has 0 rings (SSSR count). The number of unbranched alkanes of at least 4 members (excludes halogenated alkanes) is 1. The SMILES string of the molecule is CCCCN(C=O)C(F)(F)F. The van der Waals surface area contributed by atoms with Crippen LogP contribution in [0, 0.1) is 0 Å². The molecular weight excluding hydrogens is 159 g/mol. The van der Waals surface area contributed by atoms with E-state index in [1.54, 1.807) is 6.92 Å². The first-order chi connectivity index (χ1) is 5.02. The Labute approximate surface area is 63.0 Å². The van der Waals surface area contributed by atoms with Gasteiger partial charge in [-0.15, -0.1) is 13.2 Å². The van der Waals surface area contributed by atoms with Crippen molar-refractivity contribution < 1.29 is 18.0 Å². The molecule has 0 unspecified atom stereocenters. The maximum absolute atomic E-state index is 11.7. The van der Waals surface area contributed by atoms with Crippen molar-refractivity contribution in [2.45, 2.75) is 26.1 Å². The van der Waals surface area contributed by atoms with E-state index in [1.807, 2.05) is 0 Å². The van der Waals surface area contributed by atoms with Gasteiger partial charge in [-0.3, -0.25) is 9.69 Å². The Balaban J connectivity index is 3.86. The molecule has 0 aromatic rings. The molecule has 11 heavy (non-hydrogen) atoms. The van der Waals surface area contributed by atoms with Gasteiger partial charge in [0, 0.05) is 6.54 Å². The van der Waals surface area contributed by atoms with E-state index in [4.69, 9.17) is 0 Å². The van der Waals surface area contributed by atoms with Gasteiger partial charge in [0.2, 0.25) is 6.41 Å². The van der Waals surface area contributed by atoms with Gasteiger partial charge in [0.1, 0.15) is 0 Å². The highest BCUT2D eigenvalue weighted by molar-refractivity contribution is 5.47. The van der Waals surface area contributed by atoms with Crippen molar-refractivity contribution >= 4 is 6.41 Å². The van der Waals surface area contributed by atoms with Gasteiger partial charge in [-0.2, -0.15) is 0 Å². The van der Waals surface area contributed by atoms with E-state index in [9.17, 15) is 18.0 Å². The second-order valence-electron chi connectivity index (χ2n) is 2.12. The van der Waals surface area contributed by atoms with E-state index < -0.39 is 6.30 Å². The van der Waals surface area contributed by atoms with Crippen LogP contribution in [-0.4, -0.2) is 24.2 Å². The molecule has 0 saturated carbocycles. The van der Waals surface area contributed by atoms with Gasteiger partial charge in [-0.1, -0.05) is 13.3 Å². The molecule has 1 amide bonds. The highest BCUT2D eigenvalue weighted by Crippen LogP contribution is 2.19.